The van der Waals surface area contributed by atoms with Crippen LogP contribution in [0.5, 0.6) is 0 Å². The van der Waals surface area contributed by atoms with E-state index in [9.17, 15) is 4.79 Å². The first kappa shape index (κ1) is 21.2. The number of hydrogen-bond donors (Lipinski definition) is 2. The minimum Gasteiger partial charge on any atom is -0.375 e. The number of anilines is 3. The number of aromatic nitrogens is 3. The minimum atomic E-state index is -0.00562. The summed E-state index contributed by atoms with van der Waals surface area (Å²) in [6, 6.07) is 10.1. The van der Waals surface area contributed by atoms with Crippen molar-refractivity contribution in [3.63, 3.8) is 0 Å². The Morgan fingerprint density at radius 3 is 2.73 bits per heavy atom. The number of carbonyl (C=O) groups is 1. The number of nitrogens with zero attached hydrogens (tertiary/aromatic N) is 4. The van der Waals surface area contributed by atoms with Gasteiger partial charge in [0.05, 0.1) is 18.3 Å². The van der Waals surface area contributed by atoms with Crippen molar-refractivity contribution in [3.05, 3.63) is 47.7 Å². The second kappa shape index (κ2) is 9.04. The molecule has 1 unspecified atom stereocenters. The number of morpholine rings is 1. The molecule has 0 radical (unpaired) electrons. The van der Waals surface area contributed by atoms with Gasteiger partial charge in [-0.1, -0.05) is 11.8 Å². The molecule has 1 atom stereocenters. The van der Waals surface area contributed by atoms with E-state index in [-0.39, 0.29) is 17.9 Å². The molecule has 2 fully saturated rings. The largest absolute Gasteiger partial charge is 0.375 e. The van der Waals surface area contributed by atoms with E-state index in [1.807, 2.05) is 18.2 Å². The van der Waals surface area contributed by atoms with Gasteiger partial charge in [-0.2, -0.15) is 0 Å². The maximum atomic E-state index is 12.1. The molecule has 1 saturated heterocycles. The summed E-state index contributed by atoms with van der Waals surface area (Å²) in [4.78, 5) is 18.9. The van der Waals surface area contributed by atoms with Gasteiger partial charge in [-0.05, 0) is 50.1 Å². The van der Waals surface area contributed by atoms with Crippen molar-refractivity contribution in [3.8, 4) is 11.8 Å². The van der Waals surface area contributed by atoms with Gasteiger partial charge in [0.15, 0.2) is 11.6 Å². The molecule has 0 bridgehead atoms. The summed E-state index contributed by atoms with van der Waals surface area (Å²) in [6.07, 6.45) is 3.82. The third kappa shape index (κ3) is 4.73. The summed E-state index contributed by atoms with van der Waals surface area (Å²) < 4.78 is 5.63. The van der Waals surface area contributed by atoms with Crippen LogP contribution in [0.2, 0.25) is 0 Å². The molecule has 2 aromatic heterocycles. The number of benzene rings is 1. The highest BCUT2D eigenvalue weighted by Gasteiger charge is 2.30. The van der Waals surface area contributed by atoms with Crippen molar-refractivity contribution >= 4 is 34.1 Å². The van der Waals surface area contributed by atoms with E-state index in [1.165, 1.54) is 5.69 Å². The highest BCUT2D eigenvalue weighted by atomic mass is 16.5. The van der Waals surface area contributed by atoms with E-state index in [0.717, 1.165) is 49.1 Å². The molecule has 3 heterocycles. The number of carbonyl (C=O) groups excluding carboxylic acids is 1. The standard InChI is InChI=1S/C25H26N6O2/c1-16-15-31(11-12-33-16)20-9-4-17(5-10-20)3-6-19-14-27-24(26-2)23-21(19)13-22(29-30-23)28-25(32)18-7-8-18/h4-5,9-10,13-14,16,18H,7-8,11-12,15H2,1-2H3,(H,26,27)(H,28,29,32). The average molecular weight is 443 g/mol. The number of fused-ring (bicyclic) bond motifs is 1. The second-order valence-corrected chi connectivity index (χ2v) is 8.45. The number of rotatable bonds is 4. The van der Waals surface area contributed by atoms with Gasteiger partial charge < -0.3 is 20.3 Å². The molecule has 3 aromatic rings. The van der Waals surface area contributed by atoms with Crippen molar-refractivity contribution in [1.29, 1.82) is 0 Å². The normalized spacial score (nSPS) is 17.9. The zero-order chi connectivity index (χ0) is 22.8. The molecule has 1 aliphatic carbocycles. The predicted molar refractivity (Wildman–Crippen MR) is 128 cm³/mol. The molecule has 168 valence electrons. The van der Waals surface area contributed by atoms with Crippen LogP contribution in [-0.2, 0) is 9.53 Å². The van der Waals surface area contributed by atoms with Gasteiger partial charge in [-0.3, -0.25) is 4.79 Å². The highest BCUT2D eigenvalue weighted by molar-refractivity contribution is 5.97. The summed E-state index contributed by atoms with van der Waals surface area (Å²) in [5, 5.41) is 15.1. The van der Waals surface area contributed by atoms with Gasteiger partial charge in [-0.25, -0.2) is 4.98 Å². The average Bonchev–Trinajstić information content (AvgIpc) is 3.68. The molecule has 8 heteroatoms. The fourth-order valence-corrected chi connectivity index (χ4v) is 3.90. The molecular weight excluding hydrogens is 416 g/mol. The van der Waals surface area contributed by atoms with Gasteiger partial charge >= 0.3 is 0 Å². The van der Waals surface area contributed by atoms with Crippen LogP contribution >= 0.6 is 0 Å². The molecule has 1 amide bonds. The van der Waals surface area contributed by atoms with Gasteiger partial charge in [0, 0.05) is 48.9 Å². The lowest BCUT2D eigenvalue weighted by molar-refractivity contribution is -0.117. The van der Waals surface area contributed by atoms with Crippen LogP contribution in [0.3, 0.4) is 0 Å². The summed E-state index contributed by atoms with van der Waals surface area (Å²) in [5.41, 5.74) is 3.43. The van der Waals surface area contributed by atoms with Crippen molar-refractivity contribution < 1.29 is 9.53 Å². The van der Waals surface area contributed by atoms with Gasteiger partial charge in [0.25, 0.3) is 0 Å². The fourth-order valence-electron chi connectivity index (χ4n) is 3.90. The van der Waals surface area contributed by atoms with Gasteiger partial charge in [0.2, 0.25) is 5.91 Å². The number of amides is 1. The Labute approximate surface area is 192 Å². The van der Waals surface area contributed by atoms with E-state index >= 15 is 0 Å². The fraction of sp³-hybridized carbons (Fsp3) is 0.360. The van der Waals surface area contributed by atoms with Gasteiger partial charge in [0.1, 0.15) is 5.52 Å². The lowest BCUT2D eigenvalue weighted by Crippen LogP contribution is -2.41. The first-order chi connectivity index (χ1) is 16.1. The van der Waals surface area contributed by atoms with Crippen LogP contribution < -0.4 is 15.5 Å². The molecule has 8 nitrogen and oxygen atoms in total. The molecular formula is C25H26N6O2. The topological polar surface area (TPSA) is 92.3 Å². The van der Waals surface area contributed by atoms with E-state index in [0.29, 0.717) is 17.2 Å². The smallest absolute Gasteiger partial charge is 0.228 e. The first-order valence-corrected chi connectivity index (χ1v) is 11.2. The lowest BCUT2D eigenvalue weighted by Gasteiger charge is -2.32. The zero-order valence-electron chi connectivity index (χ0n) is 18.8. The Morgan fingerprint density at radius 1 is 1.18 bits per heavy atom. The Bertz CT molecular complexity index is 1240. The summed E-state index contributed by atoms with van der Waals surface area (Å²) in [5.74, 6) is 7.59. The Hall–Kier alpha value is -3.70. The number of nitrogens with one attached hydrogen (secondary N) is 2. The molecule has 1 aliphatic heterocycles. The third-order valence-corrected chi connectivity index (χ3v) is 5.88. The van der Waals surface area contributed by atoms with Crippen LogP contribution in [0, 0.1) is 17.8 Å². The monoisotopic (exact) mass is 442 g/mol. The minimum absolute atomic E-state index is 0.00562. The quantitative estimate of drug-likeness (QED) is 0.600. The van der Waals surface area contributed by atoms with Crippen LogP contribution in [0.1, 0.15) is 30.9 Å². The number of ether oxygens (including phenoxy) is 1. The maximum absolute atomic E-state index is 12.1. The molecule has 1 aromatic carbocycles. The molecule has 1 saturated carbocycles. The first-order valence-electron chi connectivity index (χ1n) is 11.2. The highest BCUT2D eigenvalue weighted by Crippen LogP contribution is 2.30. The van der Waals surface area contributed by atoms with Gasteiger partial charge in [-0.15, -0.1) is 10.2 Å². The number of hydrogen-bond acceptors (Lipinski definition) is 7. The summed E-state index contributed by atoms with van der Waals surface area (Å²) in [6.45, 7) is 4.63. The summed E-state index contributed by atoms with van der Waals surface area (Å²) in [7, 11) is 1.79. The van der Waals surface area contributed by atoms with E-state index in [4.69, 9.17) is 4.74 Å². The second-order valence-electron chi connectivity index (χ2n) is 8.45. The van der Waals surface area contributed by atoms with Crippen LogP contribution in [0.15, 0.2) is 36.5 Å². The van der Waals surface area contributed by atoms with E-state index in [1.54, 1.807) is 13.2 Å². The van der Waals surface area contributed by atoms with Crippen molar-refractivity contribution in [2.75, 3.05) is 42.3 Å². The van der Waals surface area contributed by atoms with Crippen LogP contribution in [-0.4, -0.2) is 53.9 Å². The Kier molecular flexibility index (Phi) is 5.80. The molecule has 2 N–H and O–H groups in total. The zero-order valence-corrected chi connectivity index (χ0v) is 18.8. The Morgan fingerprint density at radius 2 is 2.00 bits per heavy atom. The molecule has 5 rings (SSSR count). The maximum Gasteiger partial charge on any atom is 0.228 e. The van der Waals surface area contributed by atoms with Crippen molar-refractivity contribution in [2.24, 2.45) is 5.92 Å². The summed E-state index contributed by atoms with van der Waals surface area (Å²) >= 11 is 0. The predicted octanol–water partition coefficient (Wildman–Crippen LogP) is 3.04. The SMILES string of the molecule is CNc1ncc(C#Cc2ccc(N3CCOC(C)C3)cc2)c2cc(NC(=O)C3CC3)nnc12. The lowest BCUT2D eigenvalue weighted by atomic mass is 10.1. The molecule has 33 heavy (non-hydrogen) atoms. The van der Waals surface area contributed by atoms with E-state index < -0.39 is 0 Å². The number of pyridine rings is 1. The third-order valence-electron chi connectivity index (χ3n) is 5.88. The molecule has 2 aliphatic rings. The Balaban J connectivity index is 1.42. The molecule has 0 spiro atoms. The van der Waals surface area contributed by atoms with Crippen molar-refractivity contribution in [2.45, 2.75) is 25.9 Å². The van der Waals surface area contributed by atoms with Crippen molar-refractivity contribution in [1.82, 2.24) is 15.2 Å². The van der Waals surface area contributed by atoms with Crippen LogP contribution in [0.4, 0.5) is 17.3 Å². The van der Waals surface area contributed by atoms with E-state index in [2.05, 4.69) is 61.6 Å². The van der Waals surface area contributed by atoms with Crippen LogP contribution in [0.25, 0.3) is 10.9 Å².